The van der Waals surface area contributed by atoms with Crippen molar-refractivity contribution in [3.05, 3.63) is 35.9 Å². The maximum atomic E-state index is 9.84. The normalized spacial score (nSPS) is 29.1. The van der Waals surface area contributed by atoms with E-state index in [1.807, 2.05) is 51.1 Å². The van der Waals surface area contributed by atoms with E-state index in [0.717, 1.165) is 5.56 Å². The van der Waals surface area contributed by atoms with Crippen LogP contribution in [0, 0.1) is 5.92 Å². The molecule has 1 fully saturated rings. The lowest BCUT2D eigenvalue weighted by Crippen LogP contribution is -2.35. The Morgan fingerprint density at radius 2 is 1.84 bits per heavy atom. The fourth-order valence-electron chi connectivity index (χ4n) is 2.46. The Kier molecular flexibility index (Phi) is 4.26. The van der Waals surface area contributed by atoms with Crippen LogP contribution in [0.2, 0.25) is 0 Å². The Bertz CT molecular complexity index is 404. The van der Waals surface area contributed by atoms with Gasteiger partial charge in [-0.15, -0.1) is 0 Å². The van der Waals surface area contributed by atoms with E-state index in [1.54, 1.807) is 0 Å². The second-order valence-electron chi connectivity index (χ2n) is 5.54. The van der Waals surface area contributed by atoms with Crippen LogP contribution in [0.25, 0.3) is 0 Å². The first-order valence-corrected chi connectivity index (χ1v) is 6.64. The molecule has 4 nitrogen and oxygen atoms in total. The third-order valence-electron chi connectivity index (χ3n) is 3.57. The molecule has 0 radical (unpaired) electrons. The molecule has 1 aliphatic heterocycles. The molecule has 19 heavy (non-hydrogen) atoms. The van der Waals surface area contributed by atoms with Gasteiger partial charge in [-0.1, -0.05) is 37.3 Å². The Hall–Kier alpha value is -0.940. The molecule has 1 aliphatic rings. The van der Waals surface area contributed by atoms with Gasteiger partial charge in [0.15, 0.2) is 5.79 Å². The van der Waals surface area contributed by atoms with Gasteiger partial charge in [0.25, 0.3) is 0 Å². The molecule has 1 heterocycles. The van der Waals surface area contributed by atoms with Crippen molar-refractivity contribution < 1.29 is 19.7 Å². The van der Waals surface area contributed by atoms with E-state index in [9.17, 15) is 5.11 Å². The Labute approximate surface area is 114 Å². The van der Waals surface area contributed by atoms with Crippen molar-refractivity contribution in [1.29, 1.82) is 0 Å². The standard InChI is InChI=1S/C15H22O4/c1-10(12(17)9-16)13-14(19-15(2,3)18-13)11-7-5-4-6-8-11/h4-8,10,12-14,16-17H,9H2,1-3H3/t10-,12+,13+,14+/m0/s1. The van der Waals surface area contributed by atoms with Crippen LogP contribution < -0.4 is 0 Å². The molecule has 0 amide bonds. The van der Waals surface area contributed by atoms with Crippen LogP contribution in [0.3, 0.4) is 0 Å². The SMILES string of the molecule is C[C@H]([C@H]1OC(C)(C)O[C@@H]1c1ccccc1)[C@H](O)CO. The third kappa shape index (κ3) is 3.15. The fourth-order valence-corrected chi connectivity index (χ4v) is 2.46. The highest BCUT2D eigenvalue weighted by atomic mass is 16.8. The van der Waals surface area contributed by atoms with Crippen molar-refractivity contribution in [1.82, 2.24) is 0 Å². The first-order chi connectivity index (χ1) is 8.94. The molecule has 2 N–H and O–H groups in total. The van der Waals surface area contributed by atoms with Crippen molar-refractivity contribution in [2.24, 2.45) is 5.92 Å². The summed E-state index contributed by atoms with van der Waals surface area (Å²) in [7, 11) is 0. The van der Waals surface area contributed by atoms with Crippen molar-refractivity contribution in [2.75, 3.05) is 6.61 Å². The van der Waals surface area contributed by atoms with Gasteiger partial charge in [0.2, 0.25) is 0 Å². The van der Waals surface area contributed by atoms with E-state index in [1.165, 1.54) is 0 Å². The van der Waals surface area contributed by atoms with Crippen molar-refractivity contribution in [3.8, 4) is 0 Å². The molecule has 1 aromatic rings. The summed E-state index contributed by atoms with van der Waals surface area (Å²) in [4.78, 5) is 0. The predicted molar refractivity (Wildman–Crippen MR) is 71.5 cm³/mol. The monoisotopic (exact) mass is 266 g/mol. The van der Waals surface area contributed by atoms with E-state index < -0.39 is 11.9 Å². The van der Waals surface area contributed by atoms with Crippen LogP contribution in [-0.4, -0.2) is 34.8 Å². The van der Waals surface area contributed by atoms with Crippen LogP contribution in [0.4, 0.5) is 0 Å². The average molecular weight is 266 g/mol. The van der Waals surface area contributed by atoms with Gasteiger partial charge in [0, 0.05) is 5.92 Å². The number of aliphatic hydroxyl groups is 2. The van der Waals surface area contributed by atoms with Gasteiger partial charge < -0.3 is 19.7 Å². The van der Waals surface area contributed by atoms with E-state index in [0.29, 0.717) is 0 Å². The smallest absolute Gasteiger partial charge is 0.164 e. The molecule has 0 aliphatic carbocycles. The van der Waals surface area contributed by atoms with Gasteiger partial charge in [0.1, 0.15) is 6.10 Å². The maximum absolute atomic E-state index is 9.84. The summed E-state index contributed by atoms with van der Waals surface area (Å²) in [6, 6.07) is 9.83. The van der Waals surface area contributed by atoms with Gasteiger partial charge in [-0.25, -0.2) is 0 Å². The Morgan fingerprint density at radius 3 is 2.42 bits per heavy atom. The summed E-state index contributed by atoms with van der Waals surface area (Å²) in [5, 5.41) is 18.9. The molecule has 2 rings (SSSR count). The molecule has 1 aromatic carbocycles. The number of rotatable bonds is 4. The maximum Gasteiger partial charge on any atom is 0.164 e. The largest absolute Gasteiger partial charge is 0.394 e. The minimum absolute atomic E-state index is 0.211. The van der Waals surface area contributed by atoms with Gasteiger partial charge in [-0.3, -0.25) is 0 Å². The predicted octanol–water partition coefficient (Wildman–Crippen LogP) is 1.87. The lowest BCUT2D eigenvalue weighted by Gasteiger charge is -2.26. The molecule has 0 aromatic heterocycles. The molecule has 0 unspecified atom stereocenters. The van der Waals surface area contributed by atoms with E-state index in [4.69, 9.17) is 14.6 Å². The minimum atomic E-state index is -0.811. The van der Waals surface area contributed by atoms with E-state index >= 15 is 0 Å². The first-order valence-electron chi connectivity index (χ1n) is 6.64. The second-order valence-corrected chi connectivity index (χ2v) is 5.54. The molecule has 106 valence electrons. The molecular formula is C15H22O4. The lowest BCUT2D eigenvalue weighted by molar-refractivity contribution is -0.154. The summed E-state index contributed by atoms with van der Waals surface area (Å²) >= 11 is 0. The lowest BCUT2D eigenvalue weighted by atomic mass is 9.91. The number of hydrogen-bond donors (Lipinski definition) is 2. The number of hydrogen-bond acceptors (Lipinski definition) is 4. The van der Waals surface area contributed by atoms with Crippen LogP contribution in [0.15, 0.2) is 30.3 Å². The molecule has 4 heteroatoms. The highest BCUT2D eigenvalue weighted by Crippen LogP contribution is 2.41. The fraction of sp³-hybridized carbons (Fsp3) is 0.600. The summed E-state index contributed by atoms with van der Waals surface area (Å²) < 4.78 is 11.9. The van der Waals surface area contributed by atoms with Gasteiger partial charge in [-0.05, 0) is 19.4 Å². The van der Waals surface area contributed by atoms with Gasteiger partial charge in [-0.2, -0.15) is 0 Å². The van der Waals surface area contributed by atoms with Crippen LogP contribution in [0.5, 0.6) is 0 Å². The zero-order valence-corrected chi connectivity index (χ0v) is 11.6. The van der Waals surface area contributed by atoms with Crippen molar-refractivity contribution in [2.45, 2.75) is 44.9 Å². The highest BCUT2D eigenvalue weighted by molar-refractivity contribution is 5.20. The molecular weight excluding hydrogens is 244 g/mol. The van der Waals surface area contributed by atoms with Crippen LogP contribution >= 0.6 is 0 Å². The van der Waals surface area contributed by atoms with E-state index in [-0.39, 0.29) is 24.7 Å². The Balaban J connectivity index is 2.24. The van der Waals surface area contributed by atoms with E-state index in [2.05, 4.69) is 0 Å². The number of aliphatic hydroxyl groups excluding tert-OH is 2. The van der Waals surface area contributed by atoms with Crippen LogP contribution in [0.1, 0.15) is 32.4 Å². The molecule has 0 saturated carbocycles. The minimum Gasteiger partial charge on any atom is -0.394 e. The van der Waals surface area contributed by atoms with Crippen molar-refractivity contribution in [3.63, 3.8) is 0 Å². The third-order valence-corrected chi connectivity index (χ3v) is 3.57. The molecule has 0 spiro atoms. The molecule has 0 bridgehead atoms. The molecule has 4 atom stereocenters. The number of ether oxygens (including phenoxy) is 2. The number of benzene rings is 1. The quantitative estimate of drug-likeness (QED) is 0.873. The first kappa shape index (κ1) is 14.5. The average Bonchev–Trinajstić information content (AvgIpc) is 2.74. The zero-order valence-electron chi connectivity index (χ0n) is 11.6. The molecule has 1 saturated heterocycles. The summed E-state index contributed by atoms with van der Waals surface area (Å²) in [5.74, 6) is -0.897. The van der Waals surface area contributed by atoms with Gasteiger partial charge in [0.05, 0.1) is 18.8 Å². The Morgan fingerprint density at radius 1 is 1.21 bits per heavy atom. The summed E-state index contributed by atoms with van der Waals surface area (Å²) in [5.41, 5.74) is 1.02. The van der Waals surface area contributed by atoms with Crippen LogP contribution in [-0.2, 0) is 9.47 Å². The zero-order chi connectivity index (χ0) is 14.0. The topological polar surface area (TPSA) is 58.9 Å². The van der Waals surface area contributed by atoms with Crippen molar-refractivity contribution >= 4 is 0 Å². The summed E-state index contributed by atoms with van der Waals surface area (Å²) in [6.07, 6.45) is -1.32. The highest BCUT2D eigenvalue weighted by Gasteiger charge is 2.45. The summed E-state index contributed by atoms with van der Waals surface area (Å²) in [6.45, 7) is 5.32. The van der Waals surface area contributed by atoms with Gasteiger partial charge >= 0.3 is 0 Å². The second kappa shape index (κ2) is 5.59.